The Kier molecular flexibility index (Phi) is 3.99. The topological polar surface area (TPSA) is 36.3 Å². The smallest absolute Gasteiger partial charge is 0.148 e. The maximum atomic E-state index is 5.90. The largest absolute Gasteiger partial charge is 0.486 e. The summed E-state index contributed by atoms with van der Waals surface area (Å²) in [7, 11) is 0. The maximum absolute atomic E-state index is 5.90. The van der Waals surface area contributed by atoms with Crippen molar-refractivity contribution in [1.29, 1.82) is 0 Å². The van der Waals surface area contributed by atoms with Crippen molar-refractivity contribution in [2.75, 3.05) is 6.61 Å². The number of para-hydroxylation sites is 3. The van der Waals surface area contributed by atoms with Crippen LogP contribution in [0.25, 0.3) is 11.0 Å². The van der Waals surface area contributed by atoms with E-state index < -0.39 is 0 Å². The van der Waals surface area contributed by atoms with E-state index in [0.717, 1.165) is 48.6 Å². The Morgan fingerprint density at radius 1 is 1.09 bits per heavy atom. The van der Waals surface area contributed by atoms with E-state index in [1.807, 2.05) is 42.5 Å². The van der Waals surface area contributed by atoms with E-state index in [4.69, 9.17) is 14.5 Å². The summed E-state index contributed by atoms with van der Waals surface area (Å²) in [4.78, 5) is 4.75. The van der Waals surface area contributed by atoms with Crippen molar-refractivity contribution >= 4 is 11.0 Å². The first-order valence-electron chi connectivity index (χ1n) is 8.14. The van der Waals surface area contributed by atoms with Crippen LogP contribution < -0.4 is 4.74 Å². The Hall–Kier alpha value is -2.33. The summed E-state index contributed by atoms with van der Waals surface area (Å²) in [5.74, 6) is 1.81. The number of ether oxygens (including phenoxy) is 2. The molecule has 1 saturated heterocycles. The number of rotatable bonds is 5. The van der Waals surface area contributed by atoms with E-state index in [-0.39, 0.29) is 6.10 Å². The minimum Gasteiger partial charge on any atom is -0.486 e. The molecule has 1 aromatic heterocycles. The first-order valence-corrected chi connectivity index (χ1v) is 8.14. The molecule has 1 unspecified atom stereocenters. The summed E-state index contributed by atoms with van der Waals surface area (Å²) in [6.07, 6.45) is 2.54. The lowest BCUT2D eigenvalue weighted by molar-refractivity contribution is 0.0963. The third kappa shape index (κ3) is 3.08. The number of aromatic nitrogens is 2. The molecule has 118 valence electrons. The Balaban J connectivity index is 1.61. The first-order chi connectivity index (χ1) is 11.4. The lowest BCUT2D eigenvalue weighted by Gasteiger charge is -2.14. The third-order valence-electron chi connectivity index (χ3n) is 4.25. The molecule has 0 spiro atoms. The van der Waals surface area contributed by atoms with Gasteiger partial charge in [-0.1, -0.05) is 30.3 Å². The quantitative estimate of drug-likeness (QED) is 0.719. The number of benzene rings is 2. The predicted molar refractivity (Wildman–Crippen MR) is 89.5 cm³/mol. The van der Waals surface area contributed by atoms with Gasteiger partial charge in [0.25, 0.3) is 0 Å². The summed E-state index contributed by atoms with van der Waals surface area (Å²) >= 11 is 0. The molecule has 1 fully saturated rings. The fourth-order valence-electron chi connectivity index (χ4n) is 3.10. The minimum absolute atomic E-state index is 0.281. The number of hydrogen-bond acceptors (Lipinski definition) is 3. The molecule has 0 saturated carbocycles. The zero-order chi connectivity index (χ0) is 15.5. The molecule has 23 heavy (non-hydrogen) atoms. The molecule has 0 amide bonds. The van der Waals surface area contributed by atoms with Gasteiger partial charge in [-0.3, -0.25) is 0 Å². The SMILES string of the molecule is c1ccc(OCc2nc3ccccc3n2CC2CCCO2)cc1. The Bertz CT molecular complexity index is 776. The van der Waals surface area contributed by atoms with E-state index in [9.17, 15) is 0 Å². The summed E-state index contributed by atoms with van der Waals surface area (Å²) in [6, 6.07) is 18.1. The van der Waals surface area contributed by atoms with Gasteiger partial charge in [0.1, 0.15) is 18.2 Å². The monoisotopic (exact) mass is 308 g/mol. The van der Waals surface area contributed by atoms with Gasteiger partial charge in [0.05, 0.1) is 23.7 Å². The van der Waals surface area contributed by atoms with Crippen molar-refractivity contribution < 1.29 is 9.47 Å². The molecule has 0 radical (unpaired) electrons. The second kappa shape index (κ2) is 6.42. The molecule has 0 N–H and O–H groups in total. The summed E-state index contributed by atoms with van der Waals surface area (Å²) in [5.41, 5.74) is 2.16. The molecular weight excluding hydrogens is 288 g/mol. The maximum Gasteiger partial charge on any atom is 0.148 e. The molecule has 0 aliphatic carbocycles. The molecule has 1 atom stereocenters. The van der Waals surface area contributed by atoms with Crippen molar-refractivity contribution in [1.82, 2.24) is 9.55 Å². The highest BCUT2D eigenvalue weighted by Gasteiger charge is 2.19. The lowest BCUT2D eigenvalue weighted by Crippen LogP contribution is -2.17. The van der Waals surface area contributed by atoms with Crippen LogP contribution in [0.2, 0.25) is 0 Å². The standard InChI is InChI=1S/C19H20N2O2/c1-2-7-15(8-3-1)23-14-19-20-17-10-4-5-11-18(17)21(19)13-16-9-6-12-22-16/h1-5,7-8,10-11,16H,6,9,12-14H2. The average Bonchev–Trinajstić information content (AvgIpc) is 3.23. The highest BCUT2D eigenvalue weighted by atomic mass is 16.5. The van der Waals surface area contributed by atoms with Gasteiger partial charge in [-0.15, -0.1) is 0 Å². The van der Waals surface area contributed by atoms with Gasteiger partial charge in [0.2, 0.25) is 0 Å². The highest BCUT2D eigenvalue weighted by molar-refractivity contribution is 5.75. The average molecular weight is 308 g/mol. The molecule has 4 rings (SSSR count). The predicted octanol–water partition coefficient (Wildman–Crippen LogP) is 3.79. The molecule has 2 heterocycles. The van der Waals surface area contributed by atoms with Gasteiger partial charge in [-0.05, 0) is 37.1 Å². The van der Waals surface area contributed by atoms with Crippen molar-refractivity contribution in [3.05, 3.63) is 60.4 Å². The molecule has 4 heteroatoms. The fraction of sp³-hybridized carbons (Fsp3) is 0.316. The molecule has 3 aromatic rings. The van der Waals surface area contributed by atoms with Gasteiger partial charge >= 0.3 is 0 Å². The summed E-state index contributed by atoms with van der Waals surface area (Å²) < 4.78 is 14.0. The summed E-state index contributed by atoms with van der Waals surface area (Å²) in [6.45, 7) is 2.17. The van der Waals surface area contributed by atoms with Crippen LogP contribution in [0.15, 0.2) is 54.6 Å². The Labute approximate surface area is 135 Å². The van der Waals surface area contributed by atoms with Crippen LogP contribution in [0, 0.1) is 0 Å². The van der Waals surface area contributed by atoms with E-state index in [1.54, 1.807) is 0 Å². The van der Waals surface area contributed by atoms with Crippen LogP contribution in [0.4, 0.5) is 0 Å². The van der Waals surface area contributed by atoms with Crippen LogP contribution in [0.1, 0.15) is 18.7 Å². The van der Waals surface area contributed by atoms with Gasteiger partial charge in [0, 0.05) is 6.61 Å². The van der Waals surface area contributed by atoms with Crippen LogP contribution in [-0.2, 0) is 17.9 Å². The zero-order valence-electron chi connectivity index (χ0n) is 13.0. The van der Waals surface area contributed by atoms with E-state index in [1.165, 1.54) is 0 Å². The molecule has 2 aromatic carbocycles. The Morgan fingerprint density at radius 3 is 2.74 bits per heavy atom. The van der Waals surface area contributed by atoms with E-state index >= 15 is 0 Å². The van der Waals surface area contributed by atoms with Crippen LogP contribution in [0.3, 0.4) is 0 Å². The number of fused-ring (bicyclic) bond motifs is 1. The molecular formula is C19H20N2O2. The zero-order valence-corrected chi connectivity index (χ0v) is 13.0. The number of hydrogen-bond donors (Lipinski definition) is 0. The minimum atomic E-state index is 0.281. The Morgan fingerprint density at radius 2 is 1.91 bits per heavy atom. The second-order valence-electron chi connectivity index (χ2n) is 5.86. The first kappa shape index (κ1) is 14.3. The summed E-state index contributed by atoms with van der Waals surface area (Å²) in [5, 5.41) is 0. The van der Waals surface area contributed by atoms with Gasteiger partial charge in [0.15, 0.2) is 0 Å². The molecule has 1 aliphatic rings. The van der Waals surface area contributed by atoms with Crippen LogP contribution in [-0.4, -0.2) is 22.3 Å². The van der Waals surface area contributed by atoms with Crippen molar-refractivity contribution in [3.8, 4) is 5.75 Å². The highest BCUT2D eigenvalue weighted by Crippen LogP contribution is 2.22. The van der Waals surface area contributed by atoms with Gasteiger partial charge in [-0.2, -0.15) is 0 Å². The van der Waals surface area contributed by atoms with Crippen molar-refractivity contribution in [2.45, 2.75) is 32.1 Å². The van der Waals surface area contributed by atoms with Crippen molar-refractivity contribution in [2.24, 2.45) is 0 Å². The molecule has 1 aliphatic heterocycles. The lowest BCUT2D eigenvalue weighted by atomic mass is 10.2. The third-order valence-corrected chi connectivity index (χ3v) is 4.25. The number of nitrogens with zero attached hydrogens (tertiary/aromatic N) is 2. The van der Waals surface area contributed by atoms with E-state index in [0.29, 0.717) is 6.61 Å². The second-order valence-corrected chi connectivity index (χ2v) is 5.86. The normalized spacial score (nSPS) is 17.7. The van der Waals surface area contributed by atoms with Crippen LogP contribution >= 0.6 is 0 Å². The molecule has 0 bridgehead atoms. The molecule has 4 nitrogen and oxygen atoms in total. The fourth-order valence-corrected chi connectivity index (χ4v) is 3.10. The van der Waals surface area contributed by atoms with Crippen molar-refractivity contribution in [3.63, 3.8) is 0 Å². The van der Waals surface area contributed by atoms with Gasteiger partial charge in [-0.25, -0.2) is 4.98 Å². The van der Waals surface area contributed by atoms with Gasteiger partial charge < -0.3 is 14.0 Å². The number of imidazole rings is 1. The van der Waals surface area contributed by atoms with E-state index in [2.05, 4.69) is 16.7 Å². The van der Waals surface area contributed by atoms with Crippen LogP contribution in [0.5, 0.6) is 5.75 Å².